The number of alkyl halides is 1. The average molecular weight is 264 g/mol. The molecule has 0 fully saturated rings. The Morgan fingerprint density at radius 2 is 2.06 bits per heavy atom. The summed E-state index contributed by atoms with van der Waals surface area (Å²) >= 11 is 5.65. The Hall–Kier alpha value is -1.20. The van der Waals surface area contributed by atoms with Crippen molar-refractivity contribution in [3.05, 3.63) is 35.4 Å². The Bertz CT molecular complexity index is 381. The van der Waals surface area contributed by atoms with Crippen molar-refractivity contribution >= 4 is 17.6 Å². The molecule has 0 saturated carbocycles. The SMILES string of the molecule is COC(=O)C(Cl)CNCc1c(F)cccc1F. The van der Waals surface area contributed by atoms with E-state index in [4.69, 9.17) is 11.6 Å². The number of esters is 1. The molecular formula is C11H12ClF2NO2. The molecule has 0 radical (unpaired) electrons. The highest BCUT2D eigenvalue weighted by Gasteiger charge is 2.15. The van der Waals surface area contributed by atoms with Crippen LogP contribution in [0.2, 0.25) is 0 Å². The Kier molecular flexibility index (Phi) is 5.31. The van der Waals surface area contributed by atoms with Crippen molar-refractivity contribution in [1.82, 2.24) is 5.32 Å². The first kappa shape index (κ1) is 13.9. The molecule has 3 nitrogen and oxygen atoms in total. The molecule has 0 aliphatic carbocycles. The van der Waals surface area contributed by atoms with Crippen molar-refractivity contribution in [1.29, 1.82) is 0 Å². The first-order valence-corrected chi connectivity index (χ1v) is 5.35. The molecule has 1 N–H and O–H groups in total. The molecule has 0 aromatic heterocycles. The van der Waals surface area contributed by atoms with E-state index in [2.05, 4.69) is 10.1 Å². The Balaban J connectivity index is 2.49. The molecule has 0 heterocycles. The minimum Gasteiger partial charge on any atom is -0.468 e. The van der Waals surface area contributed by atoms with Crippen LogP contribution in [0, 0.1) is 11.6 Å². The van der Waals surface area contributed by atoms with Gasteiger partial charge in [-0.1, -0.05) is 6.07 Å². The predicted molar refractivity (Wildman–Crippen MR) is 59.7 cm³/mol. The molecule has 0 saturated heterocycles. The maximum atomic E-state index is 13.2. The number of rotatable bonds is 5. The molecule has 1 aromatic carbocycles. The van der Waals surface area contributed by atoms with Gasteiger partial charge in [-0.15, -0.1) is 11.6 Å². The molecule has 1 aromatic rings. The standard InChI is InChI=1S/C11H12ClF2NO2/c1-17-11(16)8(12)6-15-5-7-9(13)3-2-4-10(7)14/h2-4,8,15H,5-6H2,1H3. The molecule has 0 amide bonds. The molecule has 1 unspecified atom stereocenters. The number of methoxy groups -OCH3 is 1. The molecule has 94 valence electrons. The van der Waals surface area contributed by atoms with Crippen molar-refractivity contribution in [2.45, 2.75) is 11.9 Å². The molecule has 1 rings (SSSR count). The fraction of sp³-hybridized carbons (Fsp3) is 0.364. The van der Waals surface area contributed by atoms with Gasteiger partial charge in [0, 0.05) is 18.7 Å². The minimum atomic E-state index is -0.880. The Labute approximate surface area is 103 Å². The lowest BCUT2D eigenvalue weighted by atomic mass is 10.2. The summed E-state index contributed by atoms with van der Waals surface area (Å²) in [6.45, 7) is 0.0285. The molecule has 1 atom stereocenters. The van der Waals surface area contributed by atoms with Crippen molar-refractivity contribution < 1.29 is 18.3 Å². The van der Waals surface area contributed by atoms with Crippen molar-refractivity contribution in [3.63, 3.8) is 0 Å². The lowest BCUT2D eigenvalue weighted by Crippen LogP contribution is -2.30. The second kappa shape index (κ2) is 6.51. The molecular weight excluding hydrogens is 252 g/mol. The van der Waals surface area contributed by atoms with Gasteiger partial charge in [-0.25, -0.2) is 8.78 Å². The minimum absolute atomic E-state index is 0.0429. The van der Waals surface area contributed by atoms with Crippen LogP contribution in [0.5, 0.6) is 0 Å². The van der Waals surface area contributed by atoms with Gasteiger partial charge in [0.2, 0.25) is 0 Å². The van der Waals surface area contributed by atoms with E-state index >= 15 is 0 Å². The lowest BCUT2D eigenvalue weighted by Gasteiger charge is -2.09. The number of carbonyl (C=O) groups excluding carboxylic acids is 1. The van der Waals surface area contributed by atoms with E-state index in [1.165, 1.54) is 25.3 Å². The summed E-state index contributed by atoms with van der Waals surface area (Å²) in [5, 5.41) is 1.81. The van der Waals surface area contributed by atoms with Crippen LogP contribution in [0.25, 0.3) is 0 Å². The summed E-state index contributed by atoms with van der Waals surface area (Å²) < 4.78 is 30.8. The summed E-state index contributed by atoms with van der Waals surface area (Å²) in [4.78, 5) is 10.9. The van der Waals surface area contributed by atoms with Crippen LogP contribution in [0.15, 0.2) is 18.2 Å². The second-order valence-corrected chi connectivity index (χ2v) is 3.85. The fourth-order valence-corrected chi connectivity index (χ4v) is 1.43. The van der Waals surface area contributed by atoms with Crippen LogP contribution in [0.1, 0.15) is 5.56 Å². The number of hydrogen-bond donors (Lipinski definition) is 1. The van der Waals surface area contributed by atoms with Gasteiger partial charge < -0.3 is 10.1 Å². The molecule has 0 aliphatic rings. The van der Waals surface area contributed by atoms with Crippen LogP contribution in [-0.4, -0.2) is 25.0 Å². The topological polar surface area (TPSA) is 38.3 Å². The zero-order valence-electron chi connectivity index (χ0n) is 9.17. The van der Waals surface area contributed by atoms with Gasteiger partial charge in [-0.05, 0) is 12.1 Å². The van der Waals surface area contributed by atoms with E-state index in [0.29, 0.717) is 0 Å². The number of halogens is 3. The van der Waals surface area contributed by atoms with Gasteiger partial charge in [-0.2, -0.15) is 0 Å². The van der Waals surface area contributed by atoms with Crippen LogP contribution in [-0.2, 0) is 16.1 Å². The highest BCUT2D eigenvalue weighted by Crippen LogP contribution is 2.11. The highest BCUT2D eigenvalue weighted by molar-refractivity contribution is 6.30. The van der Waals surface area contributed by atoms with E-state index in [-0.39, 0.29) is 18.7 Å². The van der Waals surface area contributed by atoms with E-state index in [1.807, 2.05) is 0 Å². The van der Waals surface area contributed by atoms with E-state index in [9.17, 15) is 13.6 Å². The van der Waals surface area contributed by atoms with E-state index < -0.39 is 23.0 Å². The third kappa shape index (κ3) is 3.94. The average Bonchev–Trinajstić information content (AvgIpc) is 2.31. The third-order valence-electron chi connectivity index (χ3n) is 2.14. The van der Waals surface area contributed by atoms with E-state index in [0.717, 1.165) is 0 Å². The van der Waals surface area contributed by atoms with Crippen molar-refractivity contribution in [3.8, 4) is 0 Å². The van der Waals surface area contributed by atoms with Crippen LogP contribution >= 0.6 is 11.6 Å². The summed E-state index contributed by atoms with van der Waals surface area (Å²) in [5.41, 5.74) is -0.0822. The van der Waals surface area contributed by atoms with Crippen molar-refractivity contribution in [2.75, 3.05) is 13.7 Å². The number of nitrogens with one attached hydrogen (secondary N) is 1. The fourth-order valence-electron chi connectivity index (χ4n) is 1.24. The van der Waals surface area contributed by atoms with Gasteiger partial charge in [0.1, 0.15) is 17.0 Å². The Morgan fingerprint density at radius 1 is 1.47 bits per heavy atom. The Morgan fingerprint density at radius 3 is 2.59 bits per heavy atom. The molecule has 0 aliphatic heterocycles. The molecule has 0 bridgehead atoms. The molecule has 6 heteroatoms. The summed E-state index contributed by atoms with van der Waals surface area (Å²) in [7, 11) is 1.22. The zero-order valence-corrected chi connectivity index (χ0v) is 9.93. The van der Waals surface area contributed by atoms with Gasteiger partial charge in [0.25, 0.3) is 0 Å². The number of ether oxygens (including phenoxy) is 1. The molecule has 0 spiro atoms. The van der Waals surface area contributed by atoms with Gasteiger partial charge in [0.05, 0.1) is 7.11 Å². The highest BCUT2D eigenvalue weighted by atomic mass is 35.5. The first-order chi connectivity index (χ1) is 8.06. The maximum absolute atomic E-state index is 13.2. The normalized spacial score (nSPS) is 12.2. The maximum Gasteiger partial charge on any atom is 0.325 e. The largest absolute Gasteiger partial charge is 0.468 e. The number of hydrogen-bond acceptors (Lipinski definition) is 3. The smallest absolute Gasteiger partial charge is 0.325 e. The monoisotopic (exact) mass is 263 g/mol. The quantitative estimate of drug-likeness (QED) is 0.651. The zero-order chi connectivity index (χ0) is 12.8. The lowest BCUT2D eigenvalue weighted by molar-refractivity contribution is -0.140. The summed E-state index contributed by atoms with van der Waals surface area (Å²) in [6.07, 6.45) is 0. The number of carbonyl (C=O) groups is 1. The number of benzene rings is 1. The van der Waals surface area contributed by atoms with Crippen molar-refractivity contribution in [2.24, 2.45) is 0 Å². The molecule has 17 heavy (non-hydrogen) atoms. The summed E-state index contributed by atoms with van der Waals surface area (Å²) in [5.74, 6) is -1.86. The van der Waals surface area contributed by atoms with Gasteiger partial charge >= 0.3 is 5.97 Å². The summed E-state index contributed by atoms with van der Waals surface area (Å²) in [6, 6.07) is 3.62. The van der Waals surface area contributed by atoms with Crippen LogP contribution in [0.3, 0.4) is 0 Å². The predicted octanol–water partition coefficient (Wildman–Crippen LogP) is 1.83. The second-order valence-electron chi connectivity index (χ2n) is 3.32. The van der Waals surface area contributed by atoms with Crippen LogP contribution < -0.4 is 5.32 Å². The third-order valence-corrected chi connectivity index (χ3v) is 2.48. The van der Waals surface area contributed by atoms with Crippen LogP contribution in [0.4, 0.5) is 8.78 Å². The van der Waals surface area contributed by atoms with Gasteiger partial charge in [0.15, 0.2) is 0 Å². The van der Waals surface area contributed by atoms with Gasteiger partial charge in [-0.3, -0.25) is 4.79 Å². The first-order valence-electron chi connectivity index (χ1n) is 4.91. The van der Waals surface area contributed by atoms with E-state index in [1.54, 1.807) is 0 Å².